The Morgan fingerprint density at radius 1 is 1.29 bits per heavy atom. The molecule has 0 aliphatic carbocycles. The summed E-state index contributed by atoms with van der Waals surface area (Å²) in [5.74, 6) is 0. The molecule has 1 aromatic heterocycles. The maximum Gasteiger partial charge on any atom is 0.229 e. The van der Waals surface area contributed by atoms with Gasteiger partial charge in [0.2, 0.25) is 9.22 Å². The SMILES string of the molecule is O=C(I)c1coc2ccccc2c1=O. The van der Waals surface area contributed by atoms with Crippen molar-refractivity contribution < 1.29 is 9.21 Å². The minimum absolute atomic E-state index is 0.0873. The van der Waals surface area contributed by atoms with Crippen LogP contribution in [0.25, 0.3) is 11.0 Å². The smallest absolute Gasteiger partial charge is 0.229 e. The van der Waals surface area contributed by atoms with Gasteiger partial charge >= 0.3 is 0 Å². The Labute approximate surface area is 92.9 Å². The van der Waals surface area contributed by atoms with Crippen LogP contribution in [0, 0.1) is 0 Å². The second kappa shape index (κ2) is 3.53. The van der Waals surface area contributed by atoms with E-state index in [1.807, 2.05) is 0 Å². The van der Waals surface area contributed by atoms with Gasteiger partial charge in [0.1, 0.15) is 17.4 Å². The molecule has 0 saturated heterocycles. The molecule has 70 valence electrons. The van der Waals surface area contributed by atoms with Crippen LogP contribution in [0.15, 0.2) is 39.7 Å². The molecule has 0 spiro atoms. The Balaban J connectivity index is 2.89. The highest BCUT2D eigenvalue weighted by atomic mass is 127. The normalized spacial score (nSPS) is 10.4. The van der Waals surface area contributed by atoms with Crippen molar-refractivity contribution in [2.45, 2.75) is 0 Å². The molecule has 1 aromatic carbocycles. The topological polar surface area (TPSA) is 47.3 Å². The number of hydrogen-bond acceptors (Lipinski definition) is 3. The quantitative estimate of drug-likeness (QED) is 0.600. The summed E-state index contributed by atoms with van der Waals surface area (Å²) in [7, 11) is 0. The predicted octanol–water partition coefficient (Wildman–Crippen LogP) is 2.37. The van der Waals surface area contributed by atoms with Gasteiger partial charge in [-0.05, 0) is 12.1 Å². The second-order valence-electron chi connectivity index (χ2n) is 2.75. The fraction of sp³-hybridized carbons (Fsp3) is 0. The molecular formula is C10H5IO3. The maximum atomic E-state index is 11.7. The first-order valence-electron chi connectivity index (χ1n) is 3.90. The van der Waals surface area contributed by atoms with Crippen molar-refractivity contribution in [3.63, 3.8) is 0 Å². The summed E-state index contributed by atoms with van der Waals surface area (Å²) >= 11 is 1.57. The lowest BCUT2D eigenvalue weighted by Gasteiger charge is -1.96. The van der Waals surface area contributed by atoms with Crippen molar-refractivity contribution in [1.82, 2.24) is 0 Å². The lowest BCUT2D eigenvalue weighted by atomic mass is 10.2. The van der Waals surface area contributed by atoms with E-state index in [0.717, 1.165) is 0 Å². The third kappa shape index (κ3) is 1.45. The van der Waals surface area contributed by atoms with Crippen molar-refractivity contribution in [2.24, 2.45) is 0 Å². The summed E-state index contributed by atoms with van der Waals surface area (Å²) in [6, 6.07) is 6.85. The van der Waals surface area contributed by atoms with E-state index < -0.39 is 0 Å². The van der Waals surface area contributed by atoms with Crippen LogP contribution in [0.5, 0.6) is 0 Å². The molecule has 0 radical (unpaired) electrons. The fourth-order valence-corrected chi connectivity index (χ4v) is 1.59. The van der Waals surface area contributed by atoms with Crippen LogP contribution in [0.2, 0.25) is 0 Å². The molecule has 0 amide bonds. The van der Waals surface area contributed by atoms with E-state index in [9.17, 15) is 9.59 Å². The molecule has 0 aliphatic heterocycles. The van der Waals surface area contributed by atoms with E-state index in [4.69, 9.17) is 4.42 Å². The summed E-state index contributed by atoms with van der Waals surface area (Å²) in [5, 5.41) is 0.440. The number of hydrogen-bond donors (Lipinski definition) is 0. The summed E-state index contributed by atoms with van der Waals surface area (Å²) in [6.07, 6.45) is 1.21. The molecule has 2 aromatic rings. The van der Waals surface area contributed by atoms with Crippen LogP contribution in [-0.4, -0.2) is 3.79 Å². The molecule has 0 aliphatic rings. The number of carbonyl (C=O) groups excluding carboxylic acids is 1. The average Bonchev–Trinajstić information content (AvgIpc) is 2.18. The van der Waals surface area contributed by atoms with Crippen LogP contribution in [0.1, 0.15) is 10.4 Å². The molecule has 0 bridgehead atoms. The van der Waals surface area contributed by atoms with E-state index in [1.165, 1.54) is 6.26 Å². The lowest BCUT2D eigenvalue weighted by Crippen LogP contribution is -2.10. The fourth-order valence-electron chi connectivity index (χ4n) is 1.21. The zero-order chi connectivity index (χ0) is 10.1. The van der Waals surface area contributed by atoms with Gasteiger partial charge in [0.05, 0.1) is 5.39 Å². The van der Waals surface area contributed by atoms with Crippen molar-refractivity contribution in [3.05, 3.63) is 46.3 Å². The van der Waals surface area contributed by atoms with Gasteiger partial charge in [-0.15, -0.1) is 0 Å². The molecule has 2 rings (SSSR count). The summed E-state index contributed by atoms with van der Waals surface area (Å²) in [4.78, 5) is 22.7. The molecular weight excluding hydrogens is 295 g/mol. The number of carbonyl (C=O) groups is 1. The van der Waals surface area contributed by atoms with Gasteiger partial charge in [0.25, 0.3) is 0 Å². The van der Waals surface area contributed by atoms with E-state index >= 15 is 0 Å². The van der Waals surface area contributed by atoms with Gasteiger partial charge in [0, 0.05) is 22.6 Å². The van der Waals surface area contributed by atoms with Gasteiger partial charge in [-0.25, -0.2) is 0 Å². The molecule has 0 fully saturated rings. The highest BCUT2D eigenvalue weighted by Crippen LogP contribution is 2.11. The zero-order valence-electron chi connectivity index (χ0n) is 6.99. The van der Waals surface area contributed by atoms with Gasteiger partial charge < -0.3 is 4.42 Å². The highest BCUT2D eigenvalue weighted by Gasteiger charge is 2.10. The van der Waals surface area contributed by atoms with Crippen LogP contribution >= 0.6 is 22.6 Å². The van der Waals surface area contributed by atoms with Crippen LogP contribution in [-0.2, 0) is 0 Å². The number of halogens is 1. The van der Waals surface area contributed by atoms with Crippen LogP contribution in [0.4, 0.5) is 0 Å². The number of para-hydroxylation sites is 1. The van der Waals surface area contributed by atoms with E-state index in [0.29, 0.717) is 11.0 Å². The summed E-state index contributed by atoms with van der Waals surface area (Å²) < 4.78 is 4.86. The van der Waals surface area contributed by atoms with Gasteiger partial charge in [-0.1, -0.05) is 12.1 Å². The van der Waals surface area contributed by atoms with E-state index in [1.54, 1.807) is 46.9 Å². The van der Waals surface area contributed by atoms with Crippen molar-refractivity contribution in [2.75, 3.05) is 0 Å². The Hall–Kier alpha value is -1.17. The molecule has 4 heteroatoms. The Bertz CT molecular complexity index is 557. The van der Waals surface area contributed by atoms with Crippen molar-refractivity contribution in [3.8, 4) is 0 Å². The first-order chi connectivity index (χ1) is 6.70. The van der Waals surface area contributed by atoms with Crippen molar-refractivity contribution >= 4 is 37.4 Å². The largest absolute Gasteiger partial charge is 0.463 e. The number of rotatable bonds is 1. The lowest BCUT2D eigenvalue weighted by molar-refractivity contribution is 0.110. The molecule has 0 saturated carbocycles. The molecule has 14 heavy (non-hydrogen) atoms. The van der Waals surface area contributed by atoms with Crippen molar-refractivity contribution in [1.29, 1.82) is 0 Å². The van der Waals surface area contributed by atoms with Crippen LogP contribution in [0.3, 0.4) is 0 Å². The summed E-state index contributed by atoms with van der Waals surface area (Å²) in [6.45, 7) is 0. The molecule has 0 N–H and O–H groups in total. The third-order valence-corrected chi connectivity index (χ3v) is 2.47. The van der Waals surface area contributed by atoms with Gasteiger partial charge in [-0.3, -0.25) is 9.59 Å². The third-order valence-electron chi connectivity index (χ3n) is 1.89. The average molecular weight is 300 g/mol. The Morgan fingerprint density at radius 3 is 2.71 bits per heavy atom. The second-order valence-corrected chi connectivity index (χ2v) is 3.73. The maximum absolute atomic E-state index is 11.7. The predicted molar refractivity (Wildman–Crippen MR) is 60.8 cm³/mol. The minimum atomic E-state index is -0.304. The highest BCUT2D eigenvalue weighted by molar-refractivity contribution is 14.1. The molecule has 3 nitrogen and oxygen atoms in total. The molecule has 0 atom stereocenters. The first-order valence-corrected chi connectivity index (χ1v) is 4.98. The van der Waals surface area contributed by atoms with Gasteiger partial charge in [-0.2, -0.15) is 0 Å². The first kappa shape index (κ1) is 9.39. The minimum Gasteiger partial charge on any atom is -0.463 e. The number of benzene rings is 1. The van der Waals surface area contributed by atoms with E-state index in [-0.39, 0.29) is 14.8 Å². The van der Waals surface area contributed by atoms with E-state index in [2.05, 4.69) is 0 Å². The zero-order valence-corrected chi connectivity index (χ0v) is 9.15. The monoisotopic (exact) mass is 300 g/mol. The number of fused-ring (bicyclic) bond motifs is 1. The van der Waals surface area contributed by atoms with Crippen LogP contribution < -0.4 is 5.43 Å². The molecule has 1 heterocycles. The summed E-state index contributed by atoms with van der Waals surface area (Å²) in [5.41, 5.74) is 0.314. The Kier molecular flexibility index (Phi) is 2.37. The Morgan fingerprint density at radius 2 is 2.00 bits per heavy atom. The standard InChI is InChI=1S/C10H5IO3/c11-10(13)7-5-14-8-4-2-1-3-6(8)9(7)12/h1-5H. The van der Waals surface area contributed by atoms with Gasteiger partial charge in [0.15, 0.2) is 0 Å². The molecule has 0 unspecified atom stereocenters.